The third kappa shape index (κ3) is 3.40. The highest BCUT2D eigenvalue weighted by Gasteiger charge is 2.02. The van der Waals surface area contributed by atoms with Crippen molar-refractivity contribution in [2.24, 2.45) is 0 Å². The summed E-state index contributed by atoms with van der Waals surface area (Å²) >= 11 is 1.69. The highest BCUT2D eigenvalue weighted by Crippen LogP contribution is 2.23. The molecule has 1 heterocycles. The fourth-order valence-electron chi connectivity index (χ4n) is 1.60. The summed E-state index contributed by atoms with van der Waals surface area (Å²) in [5, 5.41) is 4.15. The van der Waals surface area contributed by atoms with E-state index in [2.05, 4.69) is 17.2 Å². The fraction of sp³-hybridized carbons (Fsp3) is 0.286. The SMILES string of the molecule is CCCCc1cnc(Nc2ccc(C=O)cc2)s1. The molecule has 0 bridgehead atoms. The Labute approximate surface area is 111 Å². The number of rotatable bonds is 6. The molecule has 0 aliphatic rings. The Morgan fingerprint density at radius 3 is 2.78 bits per heavy atom. The van der Waals surface area contributed by atoms with Crippen LogP contribution in [0.1, 0.15) is 35.0 Å². The largest absolute Gasteiger partial charge is 0.332 e. The molecule has 0 spiro atoms. The number of carbonyl (C=O) groups is 1. The van der Waals surface area contributed by atoms with Gasteiger partial charge in [-0.1, -0.05) is 13.3 Å². The van der Waals surface area contributed by atoms with E-state index >= 15 is 0 Å². The summed E-state index contributed by atoms with van der Waals surface area (Å²) in [5.41, 5.74) is 1.64. The van der Waals surface area contributed by atoms with Crippen LogP contribution in [-0.4, -0.2) is 11.3 Å². The van der Waals surface area contributed by atoms with Gasteiger partial charge in [-0.2, -0.15) is 0 Å². The van der Waals surface area contributed by atoms with Crippen molar-refractivity contribution in [2.75, 3.05) is 5.32 Å². The number of benzene rings is 1. The monoisotopic (exact) mass is 260 g/mol. The number of aryl methyl sites for hydroxylation is 1. The molecule has 94 valence electrons. The normalized spacial score (nSPS) is 10.3. The lowest BCUT2D eigenvalue weighted by molar-refractivity contribution is 0.112. The molecule has 3 nitrogen and oxygen atoms in total. The predicted molar refractivity (Wildman–Crippen MR) is 75.8 cm³/mol. The van der Waals surface area contributed by atoms with Gasteiger partial charge in [0.15, 0.2) is 5.13 Å². The van der Waals surface area contributed by atoms with Gasteiger partial charge in [0, 0.05) is 22.3 Å². The Balaban J connectivity index is 1.99. The second kappa shape index (κ2) is 6.31. The van der Waals surface area contributed by atoms with Gasteiger partial charge in [-0.05, 0) is 37.1 Å². The van der Waals surface area contributed by atoms with Crippen molar-refractivity contribution in [1.29, 1.82) is 0 Å². The zero-order valence-corrected chi connectivity index (χ0v) is 11.2. The molecule has 2 aromatic rings. The maximum atomic E-state index is 10.5. The highest BCUT2D eigenvalue weighted by molar-refractivity contribution is 7.15. The van der Waals surface area contributed by atoms with Gasteiger partial charge >= 0.3 is 0 Å². The number of carbonyl (C=O) groups excluding carboxylic acids is 1. The third-order valence-electron chi connectivity index (χ3n) is 2.63. The molecule has 0 aliphatic carbocycles. The van der Waals surface area contributed by atoms with Crippen LogP contribution in [0, 0.1) is 0 Å². The molecule has 0 saturated heterocycles. The second-order valence-electron chi connectivity index (χ2n) is 4.10. The Morgan fingerprint density at radius 1 is 1.33 bits per heavy atom. The molecule has 0 saturated carbocycles. The summed E-state index contributed by atoms with van der Waals surface area (Å²) in [6.07, 6.45) is 6.28. The van der Waals surface area contributed by atoms with Crippen molar-refractivity contribution in [2.45, 2.75) is 26.2 Å². The van der Waals surface area contributed by atoms with Crippen LogP contribution in [0.3, 0.4) is 0 Å². The third-order valence-corrected chi connectivity index (χ3v) is 3.60. The van der Waals surface area contributed by atoms with E-state index in [0.717, 1.165) is 23.5 Å². The average molecular weight is 260 g/mol. The first kappa shape index (κ1) is 12.8. The molecule has 0 atom stereocenters. The Kier molecular flexibility index (Phi) is 4.47. The van der Waals surface area contributed by atoms with Crippen LogP contribution in [0.15, 0.2) is 30.5 Å². The van der Waals surface area contributed by atoms with Gasteiger partial charge in [0.1, 0.15) is 6.29 Å². The van der Waals surface area contributed by atoms with E-state index in [-0.39, 0.29) is 0 Å². The van der Waals surface area contributed by atoms with Crippen molar-refractivity contribution in [3.63, 3.8) is 0 Å². The molecule has 0 fully saturated rings. The molecule has 1 aromatic heterocycles. The van der Waals surface area contributed by atoms with E-state index in [1.165, 1.54) is 17.7 Å². The standard InChI is InChI=1S/C14H16N2OS/c1-2-3-4-13-9-15-14(18-13)16-12-7-5-11(10-17)6-8-12/h5-10H,2-4H2,1H3,(H,15,16). The lowest BCUT2D eigenvalue weighted by Gasteiger charge is -2.01. The topological polar surface area (TPSA) is 42.0 Å². The van der Waals surface area contributed by atoms with Gasteiger partial charge in [0.25, 0.3) is 0 Å². The first-order valence-electron chi connectivity index (χ1n) is 6.09. The van der Waals surface area contributed by atoms with Gasteiger partial charge in [-0.25, -0.2) is 4.98 Å². The summed E-state index contributed by atoms with van der Waals surface area (Å²) in [6, 6.07) is 7.36. The summed E-state index contributed by atoms with van der Waals surface area (Å²) in [4.78, 5) is 16.2. The van der Waals surface area contributed by atoms with Crippen LogP contribution in [0.2, 0.25) is 0 Å². The molecule has 1 N–H and O–H groups in total. The zero-order chi connectivity index (χ0) is 12.8. The van der Waals surface area contributed by atoms with E-state index in [9.17, 15) is 4.79 Å². The van der Waals surface area contributed by atoms with E-state index in [1.807, 2.05) is 18.3 Å². The summed E-state index contributed by atoms with van der Waals surface area (Å²) in [5.74, 6) is 0. The maximum Gasteiger partial charge on any atom is 0.187 e. The van der Waals surface area contributed by atoms with Gasteiger partial charge in [0.05, 0.1) is 0 Å². The van der Waals surface area contributed by atoms with Crippen LogP contribution in [0.4, 0.5) is 10.8 Å². The number of hydrogen-bond acceptors (Lipinski definition) is 4. The van der Waals surface area contributed by atoms with Gasteiger partial charge in [-0.3, -0.25) is 4.79 Å². The minimum absolute atomic E-state index is 0.684. The van der Waals surface area contributed by atoms with Crippen LogP contribution in [-0.2, 0) is 6.42 Å². The van der Waals surface area contributed by atoms with Crippen molar-refractivity contribution in [1.82, 2.24) is 4.98 Å². The van der Waals surface area contributed by atoms with Crippen molar-refractivity contribution in [3.05, 3.63) is 40.9 Å². The van der Waals surface area contributed by atoms with Gasteiger partial charge in [-0.15, -0.1) is 11.3 Å². The molecule has 2 rings (SSSR count). The Morgan fingerprint density at radius 2 is 2.11 bits per heavy atom. The molecular formula is C14H16N2OS. The molecule has 0 unspecified atom stereocenters. The van der Waals surface area contributed by atoms with E-state index < -0.39 is 0 Å². The second-order valence-corrected chi connectivity index (χ2v) is 5.22. The number of anilines is 2. The quantitative estimate of drug-likeness (QED) is 0.797. The van der Waals surface area contributed by atoms with Gasteiger partial charge < -0.3 is 5.32 Å². The van der Waals surface area contributed by atoms with Crippen LogP contribution < -0.4 is 5.32 Å². The fourth-order valence-corrected chi connectivity index (χ4v) is 2.47. The van der Waals surface area contributed by atoms with Crippen LogP contribution >= 0.6 is 11.3 Å². The lowest BCUT2D eigenvalue weighted by atomic mass is 10.2. The number of thiazole rings is 1. The Bertz CT molecular complexity index is 505. The summed E-state index contributed by atoms with van der Waals surface area (Å²) in [7, 11) is 0. The summed E-state index contributed by atoms with van der Waals surface area (Å²) < 4.78 is 0. The number of nitrogens with zero attached hydrogens (tertiary/aromatic N) is 1. The number of aromatic nitrogens is 1. The molecule has 1 aromatic carbocycles. The lowest BCUT2D eigenvalue weighted by Crippen LogP contribution is -1.89. The van der Waals surface area contributed by atoms with Crippen molar-refractivity contribution in [3.8, 4) is 0 Å². The minimum atomic E-state index is 0.684. The number of hydrogen-bond donors (Lipinski definition) is 1. The molecule has 0 radical (unpaired) electrons. The van der Waals surface area contributed by atoms with E-state index in [0.29, 0.717) is 5.56 Å². The molecular weight excluding hydrogens is 244 g/mol. The molecule has 4 heteroatoms. The average Bonchev–Trinajstić information content (AvgIpc) is 2.85. The minimum Gasteiger partial charge on any atom is -0.332 e. The predicted octanol–water partition coefficient (Wildman–Crippen LogP) is 4.04. The smallest absolute Gasteiger partial charge is 0.187 e. The van der Waals surface area contributed by atoms with Gasteiger partial charge in [0.2, 0.25) is 0 Å². The number of nitrogens with one attached hydrogen (secondary N) is 1. The number of unbranched alkanes of at least 4 members (excludes halogenated alkanes) is 1. The molecule has 18 heavy (non-hydrogen) atoms. The number of aldehydes is 1. The Hall–Kier alpha value is -1.68. The van der Waals surface area contributed by atoms with Crippen LogP contribution in [0.5, 0.6) is 0 Å². The first-order chi connectivity index (χ1) is 8.81. The maximum absolute atomic E-state index is 10.5. The van der Waals surface area contributed by atoms with E-state index in [4.69, 9.17) is 0 Å². The summed E-state index contributed by atoms with van der Waals surface area (Å²) in [6.45, 7) is 2.19. The highest BCUT2D eigenvalue weighted by atomic mass is 32.1. The molecule has 0 amide bonds. The van der Waals surface area contributed by atoms with E-state index in [1.54, 1.807) is 23.5 Å². The van der Waals surface area contributed by atoms with Crippen molar-refractivity contribution >= 4 is 28.4 Å². The zero-order valence-electron chi connectivity index (χ0n) is 10.3. The van der Waals surface area contributed by atoms with Crippen molar-refractivity contribution < 1.29 is 4.79 Å². The molecule has 0 aliphatic heterocycles. The van der Waals surface area contributed by atoms with Crippen LogP contribution in [0.25, 0.3) is 0 Å². The first-order valence-corrected chi connectivity index (χ1v) is 6.90.